The van der Waals surface area contributed by atoms with Crippen molar-refractivity contribution >= 4 is 0 Å². The molecule has 6 N–H and O–H groups in total. The van der Waals surface area contributed by atoms with E-state index in [1.165, 1.54) is 0 Å². The Balaban J connectivity index is -0.0000000150. The van der Waals surface area contributed by atoms with Crippen molar-refractivity contribution in [1.29, 1.82) is 0 Å². The summed E-state index contributed by atoms with van der Waals surface area (Å²) in [5.41, 5.74) is 0. The zero-order valence-corrected chi connectivity index (χ0v) is 5.28. The summed E-state index contributed by atoms with van der Waals surface area (Å²) >= 11 is -4.95. The molecule has 0 aromatic rings. The van der Waals surface area contributed by atoms with Gasteiger partial charge in [-0.05, 0) is 0 Å². The van der Waals surface area contributed by atoms with Crippen LogP contribution in [0, 0.1) is 0 Å². The summed E-state index contributed by atoms with van der Waals surface area (Å²) in [5.74, 6) is 0. The summed E-state index contributed by atoms with van der Waals surface area (Å²) < 4.78 is 29.6. The van der Waals surface area contributed by atoms with Gasteiger partial charge < -0.3 is 16.4 Å². The average molecular weight is 204 g/mol. The van der Waals surface area contributed by atoms with Crippen LogP contribution in [0.1, 0.15) is 0 Å². The third kappa shape index (κ3) is 741. The first-order valence-corrected chi connectivity index (χ1v) is 3.00. The van der Waals surface area contributed by atoms with E-state index in [1.54, 1.807) is 0 Å². The maximum absolute atomic E-state index is 9.85. The van der Waals surface area contributed by atoms with Crippen LogP contribution >= 0.6 is 0 Å². The second-order valence-corrected chi connectivity index (χ2v) is 1.13. The molecule has 0 aromatic carbocycles. The van der Waals surface area contributed by atoms with Crippen LogP contribution in [0.4, 0.5) is 9.07 Å². The van der Waals surface area contributed by atoms with Gasteiger partial charge in [-0.2, -0.15) is 0 Å². The van der Waals surface area contributed by atoms with E-state index in [0.29, 0.717) is 0 Å². The zero-order valence-electron chi connectivity index (χ0n) is 3.08. The third-order valence-electron chi connectivity index (χ3n) is 0. The molecule has 0 rings (SSSR count). The molecule has 0 aromatic heterocycles. The maximum atomic E-state index is 9.85. The summed E-state index contributed by atoms with van der Waals surface area (Å²) in [5, 5.41) is 0. The fourth-order valence-corrected chi connectivity index (χ4v) is 0. The number of hydrogen-bond donors (Lipinski definition) is 0. The molecular weight excluding hydrogens is 198 g/mol. The van der Waals surface area contributed by atoms with Crippen LogP contribution in [0.15, 0.2) is 0 Å². The van der Waals surface area contributed by atoms with Crippen molar-refractivity contribution in [1.82, 2.24) is 0 Å². The number of hydrogen-bond acceptors (Lipinski definition) is 0. The summed E-state index contributed by atoms with van der Waals surface area (Å²) in [6.07, 6.45) is 0. The molecule has 0 spiro atoms. The Morgan fingerprint density at radius 3 is 0.714 bits per heavy atom. The molecule has 50 valence electrons. The van der Waals surface area contributed by atoms with Gasteiger partial charge in [0.15, 0.2) is 0 Å². The van der Waals surface area contributed by atoms with Crippen molar-refractivity contribution in [2.75, 3.05) is 0 Å². The minimum absolute atomic E-state index is 0. The Morgan fingerprint density at radius 2 is 0.714 bits per heavy atom. The topological polar surface area (TPSA) is 94.5 Å². The minimum atomic E-state index is -4.95. The van der Waals surface area contributed by atoms with Crippen LogP contribution in [-0.4, -0.2) is 16.4 Å². The predicted molar refractivity (Wildman–Crippen MR) is 14.2 cm³/mol. The molecule has 0 atom stereocenters. The Labute approximate surface area is 46.3 Å². The molecule has 7 heavy (non-hydrogen) atoms. The van der Waals surface area contributed by atoms with Crippen LogP contribution in [-0.2, 0) is 20.1 Å². The molecule has 0 unspecified atom stereocenters. The van der Waals surface area contributed by atoms with E-state index in [9.17, 15) is 9.07 Å². The Kier molecular flexibility index (Phi) is 60.3. The SMILES string of the molecule is O.O.O.[F][Nb]([F])[F]. The van der Waals surface area contributed by atoms with Crippen molar-refractivity contribution < 1.29 is 45.6 Å². The van der Waals surface area contributed by atoms with E-state index in [0.717, 1.165) is 0 Å². The van der Waals surface area contributed by atoms with Gasteiger partial charge in [0.05, 0.1) is 0 Å². The van der Waals surface area contributed by atoms with Gasteiger partial charge in [-0.15, -0.1) is 0 Å². The van der Waals surface area contributed by atoms with Crippen LogP contribution in [0.2, 0.25) is 0 Å². The average Bonchev–Trinajstić information content (AvgIpc) is 0.811. The van der Waals surface area contributed by atoms with E-state index in [-0.39, 0.29) is 16.4 Å². The molecule has 7 heteroatoms. The van der Waals surface area contributed by atoms with Gasteiger partial charge in [0, 0.05) is 0 Å². The second-order valence-electron chi connectivity index (χ2n) is 0.192. The Bertz CT molecular complexity index is 14.9. The second kappa shape index (κ2) is 16.1. The first-order valence-electron chi connectivity index (χ1n) is 0.507. The summed E-state index contributed by atoms with van der Waals surface area (Å²) in [7, 11) is 0. The van der Waals surface area contributed by atoms with E-state index in [1.807, 2.05) is 0 Å². The van der Waals surface area contributed by atoms with Crippen LogP contribution in [0.3, 0.4) is 0 Å². The molecule has 0 amide bonds. The van der Waals surface area contributed by atoms with Gasteiger partial charge in [-0.3, -0.25) is 0 Å². The van der Waals surface area contributed by atoms with Gasteiger partial charge >= 0.3 is 29.2 Å². The summed E-state index contributed by atoms with van der Waals surface area (Å²) in [4.78, 5) is 0. The van der Waals surface area contributed by atoms with Crippen molar-refractivity contribution in [3.8, 4) is 0 Å². The molecular formula is H6F3NbO3. The molecule has 0 heterocycles. The van der Waals surface area contributed by atoms with E-state index in [4.69, 9.17) is 0 Å². The molecule has 0 saturated carbocycles. The fourth-order valence-electron chi connectivity index (χ4n) is 0. The van der Waals surface area contributed by atoms with Gasteiger partial charge in [0.25, 0.3) is 0 Å². The van der Waals surface area contributed by atoms with E-state index in [2.05, 4.69) is 0 Å². The van der Waals surface area contributed by atoms with Crippen molar-refractivity contribution in [3.05, 3.63) is 0 Å². The predicted octanol–water partition coefficient (Wildman–Crippen LogP) is -1.22. The van der Waals surface area contributed by atoms with Gasteiger partial charge in [0.1, 0.15) is 0 Å². The molecule has 0 saturated heterocycles. The number of halogens is 3. The first kappa shape index (κ1) is 26.2. The molecule has 3 nitrogen and oxygen atoms in total. The molecule has 0 aliphatic rings. The van der Waals surface area contributed by atoms with Gasteiger partial charge in [-0.1, -0.05) is 0 Å². The standard InChI is InChI=1S/3FH.Nb.3H2O/h3*1H;;3*1H2/q;;;+3;;;/p-3. The van der Waals surface area contributed by atoms with Crippen LogP contribution in [0.5, 0.6) is 0 Å². The first-order chi connectivity index (χ1) is 1.73. The monoisotopic (exact) mass is 204 g/mol. The normalized spacial score (nSPS) is 5.14. The van der Waals surface area contributed by atoms with Gasteiger partial charge in [0.2, 0.25) is 0 Å². The van der Waals surface area contributed by atoms with E-state index >= 15 is 0 Å². The molecule has 0 aliphatic heterocycles. The quantitative estimate of drug-likeness (QED) is 0.442. The summed E-state index contributed by atoms with van der Waals surface area (Å²) in [6, 6.07) is 0. The molecule has 0 fully saturated rings. The Morgan fingerprint density at radius 1 is 0.714 bits per heavy atom. The number of rotatable bonds is 0. The van der Waals surface area contributed by atoms with Crippen LogP contribution < -0.4 is 0 Å². The van der Waals surface area contributed by atoms with Gasteiger partial charge in [-0.25, -0.2) is 0 Å². The molecule has 0 aliphatic carbocycles. The summed E-state index contributed by atoms with van der Waals surface area (Å²) in [6.45, 7) is 0. The van der Waals surface area contributed by atoms with Crippen molar-refractivity contribution in [3.63, 3.8) is 0 Å². The van der Waals surface area contributed by atoms with E-state index < -0.39 is 20.1 Å². The Hall–Kier alpha value is 0.410. The van der Waals surface area contributed by atoms with Crippen molar-refractivity contribution in [2.24, 2.45) is 0 Å². The molecule has 0 bridgehead atoms. The third-order valence-corrected chi connectivity index (χ3v) is 0. The van der Waals surface area contributed by atoms with Crippen molar-refractivity contribution in [2.45, 2.75) is 0 Å². The molecule has 0 radical (unpaired) electrons. The zero-order chi connectivity index (χ0) is 3.58. The fraction of sp³-hybridized carbons (Fsp3) is 0. The van der Waals surface area contributed by atoms with Crippen LogP contribution in [0.25, 0.3) is 0 Å².